The third kappa shape index (κ3) is 5.46. The van der Waals surface area contributed by atoms with Crippen molar-refractivity contribution in [2.24, 2.45) is 0 Å². The Labute approximate surface area is 211 Å². The molecule has 36 heavy (non-hydrogen) atoms. The highest BCUT2D eigenvalue weighted by molar-refractivity contribution is 7.99. The number of Topliss-reactive ketones (excluding diaryl/α,β-unsaturated/α-hetero) is 1. The lowest BCUT2D eigenvalue weighted by Gasteiger charge is -2.14. The van der Waals surface area contributed by atoms with E-state index in [-0.39, 0.29) is 34.2 Å². The van der Waals surface area contributed by atoms with Gasteiger partial charge < -0.3 is 10.1 Å². The van der Waals surface area contributed by atoms with Gasteiger partial charge in [0.15, 0.2) is 10.9 Å². The molecule has 0 saturated heterocycles. The van der Waals surface area contributed by atoms with E-state index in [1.165, 1.54) is 28.8 Å². The number of hydrogen-bond acceptors (Lipinski definition) is 6. The lowest BCUT2D eigenvalue weighted by molar-refractivity contribution is 0.0942. The van der Waals surface area contributed by atoms with Crippen molar-refractivity contribution in [1.29, 1.82) is 0 Å². The minimum atomic E-state index is -0.430. The van der Waals surface area contributed by atoms with Gasteiger partial charge in [0.05, 0.1) is 29.5 Å². The van der Waals surface area contributed by atoms with E-state index >= 15 is 0 Å². The summed E-state index contributed by atoms with van der Waals surface area (Å²) >= 11 is 1.09. The Bertz CT molecular complexity index is 1480. The van der Waals surface area contributed by atoms with Gasteiger partial charge in [-0.05, 0) is 80.6 Å². The first-order valence-electron chi connectivity index (χ1n) is 11.2. The maximum atomic E-state index is 13.6. The number of carbonyl (C=O) groups excluding carboxylic acids is 2. The van der Waals surface area contributed by atoms with Gasteiger partial charge >= 0.3 is 0 Å². The average molecular weight is 506 g/mol. The highest BCUT2D eigenvalue weighted by atomic mass is 32.2. The number of halogens is 1. The van der Waals surface area contributed by atoms with Gasteiger partial charge in [0.1, 0.15) is 11.6 Å². The molecule has 0 saturated carbocycles. The monoisotopic (exact) mass is 505 g/mol. The van der Waals surface area contributed by atoms with Gasteiger partial charge in [-0.3, -0.25) is 19.0 Å². The third-order valence-electron chi connectivity index (χ3n) is 5.35. The average Bonchev–Trinajstić information content (AvgIpc) is 2.87. The molecule has 0 aliphatic carbocycles. The summed E-state index contributed by atoms with van der Waals surface area (Å²) in [6, 6.07) is 16.9. The van der Waals surface area contributed by atoms with Crippen molar-refractivity contribution in [2.75, 3.05) is 12.9 Å². The number of nitrogens with one attached hydrogen (secondary N) is 1. The second-order valence-corrected chi connectivity index (χ2v) is 9.25. The summed E-state index contributed by atoms with van der Waals surface area (Å²) in [7, 11) is 1.55. The van der Waals surface area contributed by atoms with Crippen LogP contribution in [0.25, 0.3) is 16.6 Å². The quantitative estimate of drug-likeness (QED) is 0.213. The molecule has 1 heterocycles. The highest BCUT2D eigenvalue weighted by Gasteiger charge is 2.17. The minimum absolute atomic E-state index is 0.0206. The highest BCUT2D eigenvalue weighted by Crippen LogP contribution is 2.24. The van der Waals surface area contributed by atoms with Gasteiger partial charge in [-0.1, -0.05) is 11.8 Å². The Balaban J connectivity index is 1.78. The summed E-state index contributed by atoms with van der Waals surface area (Å²) < 4.78 is 19.9. The smallest absolute Gasteiger partial charge is 0.266 e. The SMILES string of the molecule is COc1ccc(-n2c(SCC(=O)c3ccc(F)cc3)nc3cc(C(=O)NC(C)C)ccc3c2=O)cc1. The lowest BCUT2D eigenvalue weighted by atomic mass is 10.1. The zero-order valence-corrected chi connectivity index (χ0v) is 20.8. The van der Waals surface area contributed by atoms with E-state index in [0.29, 0.717) is 33.5 Å². The molecular formula is C27H24FN3O4S. The Morgan fingerprint density at radius 2 is 1.69 bits per heavy atom. The first-order chi connectivity index (χ1) is 17.3. The third-order valence-corrected chi connectivity index (χ3v) is 6.29. The van der Waals surface area contributed by atoms with Crippen molar-refractivity contribution < 1.29 is 18.7 Å². The zero-order chi connectivity index (χ0) is 25.8. The number of ether oxygens (including phenoxy) is 1. The Morgan fingerprint density at radius 3 is 2.33 bits per heavy atom. The normalized spacial score (nSPS) is 11.0. The fourth-order valence-corrected chi connectivity index (χ4v) is 4.46. The fourth-order valence-electron chi connectivity index (χ4n) is 3.56. The van der Waals surface area contributed by atoms with Crippen LogP contribution in [0.1, 0.15) is 34.6 Å². The lowest BCUT2D eigenvalue weighted by Crippen LogP contribution is -2.30. The molecule has 0 spiro atoms. The molecular weight excluding hydrogens is 481 g/mol. The van der Waals surface area contributed by atoms with E-state index < -0.39 is 5.82 Å². The van der Waals surface area contributed by atoms with Crippen molar-refractivity contribution in [2.45, 2.75) is 25.0 Å². The predicted molar refractivity (Wildman–Crippen MR) is 138 cm³/mol. The molecule has 0 radical (unpaired) electrons. The number of carbonyl (C=O) groups is 2. The molecule has 0 fully saturated rings. The van der Waals surface area contributed by atoms with Crippen LogP contribution >= 0.6 is 11.8 Å². The molecule has 1 aromatic heterocycles. The number of methoxy groups -OCH3 is 1. The summed E-state index contributed by atoms with van der Waals surface area (Å²) in [4.78, 5) is 43.5. The van der Waals surface area contributed by atoms with Crippen LogP contribution in [0, 0.1) is 5.82 Å². The first kappa shape index (κ1) is 25.1. The molecule has 7 nitrogen and oxygen atoms in total. The molecule has 0 aliphatic heterocycles. The number of rotatable bonds is 8. The first-order valence-corrected chi connectivity index (χ1v) is 12.2. The van der Waals surface area contributed by atoms with Crippen molar-refractivity contribution in [3.63, 3.8) is 0 Å². The van der Waals surface area contributed by atoms with E-state index in [1.807, 2.05) is 13.8 Å². The maximum Gasteiger partial charge on any atom is 0.266 e. The summed E-state index contributed by atoms with van der Waals surface area (Å²) in [5.41, 5.74) is 1.29. The van der Waals surface area contributed by atoms with Crippen molar-refractivity contribution in [3.8, 4) is 11.4 Å². The van der Waals surface area contributed by atoms with Crippen molar-refractivity contribution in [3.05, 3.63) is 94.0 Å². The number of nitrogens with zero attached hydrogens (tertiary/aromatic N) is 2. The van der Waals surface area contributed by atoms with Gasteiger partial charge in [0, 0.05) is 17.2 Å². The van der Waals surface area contributed by atoms with Crippen LogP contribution in [0.3, 0.4) is 0 Å². The molecule has 1 N–H and O–H groups in total. The van der Waals surface area contributed by atoms with E-state index in [4.69, 9.17) is 4.74 Å². The molecule has 0 bridgehead atoms. The van der Waals surface area contributed by atoms with Gasteiger partial charge in [-0.15, -0.1) is 0 Å². The van der Waals surface area contributed by atoms with E-state index in [1.54, 1.807) is 49.6 Å². The maximum absolute atomic E-state index is 13.6. The van der Waals surface area contributed by atoms with Crippen molar-refractivity contribution >= 4 is 34.4 Å². The van der Waals surface area contributed by atoms with E-state index in [0.717, 1.165) is 11.8 Å². The van der Waals surface area contributed by atoms with Crippen LogP contribution in [-0.4, -0.2) is 40.1 Å². The molecule has 4 aromatic rings. The second-order valence-electron chi connectivity index (χ2n) is 8.31. The number of ketones is 1. The Hall–Kier alpha value is -3.98. The van der Waals surface area contributed by atoms with E-state index in [9.17, 15) is 18.8 Å². The van der Waals surface area contributed by atoms with Crippen LogP contribution < -0.4 is 15.6 Å². The molecule has 9 heteroatoms. The number of hydrogen-bond donors (Lipinski definition) is 1. The summed E-state index contributed by atoms with van der Waals surface area (Å²) in [5.74, 6) is -0.328. The van der Waals surface area contributed by atoms with E-state index in [2.05, 4.69) is 10.3 Å². The minimum Gasteiger partial charge on any atom is -0.497 e. The Morgan fingerprint density at radius 1 is 1.03 bits per heavy atom. The zero-order valence-electron chi connectivity index (χ0n) is 19.9. The van der Waals surface area contributed by atoms with Crippen LogP contribution in [0.15, 0.2) is 76.7 Å². The van der Waals surface area contributed by atoms with Gasteiger partial charge in [-0.2, -0.15) is 0 Å². The molecule has 184 valence electrons. The number of amides is 1. The fraction of sp³-hybridized carbons (Fsp3) is 0.185. The summed E-state index contributed by atoms with van der Waals surface area (Å²) in [6.45, 7) is 3.72. The van der Waals surface area contributed by atoms with Crippen LogP contribution in [0.5, 0.6) is 5.75 Å². The van der Waals surface area contributed by atoms with Gasteiger partial charge in [0.25, 0.3) is 11.5 Å². The molecule has 4 rings (SSSR count). The second kappa shape index (κ2) is 10.7. The topological polar surface area (TPSA) is 90.3 Å². The number of benzene rings is 3. The number of aromatic nitrogens is 2. The van der Waals surface area contributed by atoms with Gasteiger partial charge in [-0.25, -0.2) is 9.37 Å². The largest absolute Gasteiger partial charge is 0.497 e. The molecule has 1 amide bonds. The van der Waals surface area contributed by atoms with Crippen LogP contribution in [0.4, 0.5) is 4.39 Å². The van der Waals surface area contributed by atoms with Crippen LogP contribution in [-0.2, 0) is 0 Å². The molecule has 0 unspecified atom stereocenters. The molecule has 3 aromatic carbocycles. The Kier molecular flexibility index (Phi) is 7.49. The van der Waals surface area contributed by atoms with Crippen LogP contribution in [0.2, 0.25) is 0 Å². The number of thioether (sulfide) groups is 1. The number of fused-ring (bicyclic) bond motifs is 1. The van der Waals surface area contributed by atoms with Crippen molar-refractivity contribution in [1.82, 2.24) is 14.9 Å². The summed E-state index contributed by atoms with van der Waals surface area (Å²) in [5, 5.41) is 3.45. The molecule has 0 atom stereocenters. The van der Waals surface area contributed by atoms with Gasteiger partial charge in [0.2, 0.25) is 0 Å². The standard InChI is InChI=1S/C27H24FN3O4S/c1-16(2)29-25(33)18-6-13-22-23(14-18)30-27(36-15-24(32)17-4-7-19(28)8-5-17)31(26(22)34)20-9-11-21(35-3)12-10-20/h4-14,16H,15H2,1-3H3,(H,29,33). The summed E-state index contributed by atoms with van der Waals surface area (Å²) in [6.07, 6.45) is 0. The molecule has 0 aliphatic rings. The predicted octanol–water partition coefficient (Wildman–Crippen LogP) is 4.65.